The van der Waals surface area contributed by atoms with Crippen LogP contribution >= 0.6 is 0 Å². The molecule has 1 aliphatic heterocycles. The summed E-state index contributed by atoms with van der Waals surface area (Å²) in [7, 11) is 4.46. The standard InChI is InChI=1S/C15H31N3/c1-5-16-13-6-8-14(9-7-13)18-10-12(2)15(11-18)17(3)4/h12-16H,5-11H2,1-4H3. The predicted octanol–water partition coefficient (Wildman–Crippen LogP) is 1.79. The van der Waals surface area contributed by atoms with Gasteiger partial charge in [0, 0.05) is 31.2 Å². The van der Waals surface area contributed by atoms with Crippen molar-refractivity contribution in [1.82, 2.24) is 15.1 Å². The van der Waals surface area contributed by atoms with Crippen LogP contribution in [0.15, 0.2) is 0 Å². The number of rotatable bonds is 4. The van der Waals surface area contributed by atoms with Gasteiger partial charge in [-0.25, -0.2) is 0 Å². The molecule has 1 N–H and O–H groups in total. The van der Waals surface area contributed by atoms with Gasteiger partial charge in [0.1, 0.15) is 0 Å². The second kappa shape index (κ2) is 6.36. The number of likely N-dealkylation sites (tertiary alicyclic amines) is 1. The van der Waals surface area contributed by atoms with Crippen LogP contribution in [0, 0.1) is 5.92 Å². The highest BCUT2D eigenvalue weighted by Gasteiger charge is 2.35. The van der Waals surface area contributed by atoms with Crippen LogP contribution in [0.4, 0.5) is 0 Å². The first-order chi connectivity index (χ1) is 8.61. The Morgan fingerprint density at radius 1 is 1.11 bits per heavy atom. The lowest BCUT2D eigenvalue weighted by Gasteiger charge is -2.35. The van der Waals surface area contributed by atoms with E-state index in [1.54, 1.807) is 0 Å². The highest BCUT2D eigenvalue weighted by molar-refractivity contribution is 4.92. The summed E-state index contributed by atoms with van der Waals surface area (Å²) >= 11 is 0. The molecule has 3 nitrogen and oxygen atoms in total. The van der Waals surface area contributed by atoms with E-state index in [2.05, 4.69) is 43.1 Å². The lowest BCUT2D eigenvalue weighted by molar-refractivity contribution is 0.162. The Hall–Kier alpha value is -0.120. The smallest absolute Gasteiger partial charge is 0.0254 e. The Morgan fingerprint density at radius 2 is 1.78 bits per heavy atom. The summed E-state index contributed by atoms with van der Waals surface area (Å²) < 4.78 is 0. The number of nitrogens with one attached hydrogen (secondary N) is 1. The quantitative estimate of drug-likeness (QED) is 0.824. The maximum absolute atomic E-state index is 3.60. The molecular formula is C15H31N3. The SMILES string of the molecule is CCNC1CCC(N2CC(C)C(N(C)C)C2)CC1. The van der Waals surface area contributed by atoms with Crippen LogP contribution in [0.25, 0.3) is 0 Å². The first kappa shape index (κ1) is 14.3. The molecule has 2 atom stereocenters. The van der Waals surface area contributed by atoms with Gasteiger partial charge in [0.15, 0.2) is 0 Å². The number of hydrogen-bond acceptors (Lipinski definition) is 3. The van der Waals surface area contributed by atoms with Crippen molar-refractivity contribution < 1.29 is 0 Å². The molecule has 0 amide bonds. The molecule has 0 aromatic rings. The average molecular weight is 253 g/mol. The van der Waals surface area contributed by atoms with E-state index in [1.807, 2.05) is 0 Å². The van der Waals surface area contributed by atoms with Crippen LogP contribution in [-0.2, 0) is 0 Å². The van der Waals surface area contributed by atoms with Gasteiger partial charge in [0.05, 0.1) is 0 Å². The fourth-order valence-corrected chi connectivity index (χ4v) is 3.89. The normalized spacial score (nSPS) is 38.5. The maximum atomic E-state index is 3.60. The Balaban J connectivity index is 1.80. The summed E-state index contributed by atoms with van der Waals surface area (Å²) in [5.41, 5.74) is 0. The summed E-state index contributed by atoms with van der Waals surface area (Å²) in [6, 6.07) is 2.40. The largest absolute Gasteiger partial charge is 0.314 e. The van der Waals surface area contributed by atoms with Crippen molar-refractivity contribution in [3.8, 4) is 0 Å². The van der Waals surface area contributed by atoms with E-state index in [9.17, 15) is 0 Å². The molecule has 2 fully saturated rings. The lowest BCUT2D eigenvalue weighted by Crippen LogP contribution is -2.42. The van der Waals surface area contributed by atoms with Crippen LogP contribution in [0.2, 0.25) is 0 Å². The second-order valence-electron chi connectivity index (χ2n) is 6.53. The Bertz CT molecular complexity index is 246. The Kier molecular flexibility index (Phi) is 5.05. The maximum Gasteiger partial charge on any atom is 0.0254 e. The van der Waals surface area contributed by atoms with Crippen LogP contribution in [0.5, 0.6) is 0 Å². The zero-order chi connectivity index (χ0) is 13.1. The van der Waals surface area contributed by atoms with Crippen LogP contribution in [-0.4, -0.2) is 61.7 Å². The summed E-state index contributed by atoms with van der Waals surface area (Å²) in [4.78, 5) is 5.17. The molecule has 2 aliphatic rings. The van der Waals surface area contributed by atoms with E-state index < -0.39 is 0 Å². The topological polar surface area (TPSA) is 18.5 Å². The molecule has 1 heterocycles. The van der Waals surface area contributed by atoms with Gasteiger partial charge < -0.3 is 10.2 Å². The molecule has 0 aromatic carbocycles. The molecule has 0 aromatic heterocycles. The minimum absolute atomic E-state index is 0.761. The van der Waals surface area contributed by atoms with Crippen LogP contribution < -0.4 is 5.32 Å². The van der Waals surface area contributed by atoms with Gasteiger partial charge in [-0.15, -0.1) is 0 Å². The third-order valence-electron chi connectivity index (χ3n) is 4.97. The summed E-state index contributed by atoms with van der Waals surface area (Å²) in [6.45, 7) is 8.34. The predicted molar refractivity (Wildman–Crippen MR) is 77.9 cm³/mol. The second-order valence-corrected chi connectivity index (χ2v) is 6.53. The van der Waals surface area contributed by atoms with Crippen molar-refractivity contribution in [2.45, 2.75) is 57.7 Å². The van der Waals surface area contributed by atoms with Crippen molar-refractivity contribution in [2.75, 3.05) is 33.7 Å². The van der Waals surface area contributed by atoms with E-state index in [4.69, 9.17) is 0 Å². The van der Waals surface area contributed by atoms with Gasteiger partial charge in [-0.3, -0.25) is 4.90 Å². The first-order valence-electron chi connectivity index (χ1n) is 7.75. The minimum atomic E-state index is 0.761. The third-order valence-corrected chi connectivity index (χ3v) is 4.97. The molecule has 106 valence electrons. The van der Waals surface area contributed by atoms with Crippen molar-refractivity contribution in [1.29, 1.82) is 0 Å². The van der Waals surface area contributed by atoms with Crippen molar-refractivity contribution >= 4 is 0 Å². The molecule has 2 unspecified atom stereocenters. The number of likely N-dealkylation sites (N-methyl/N-ethyl adjacent to an activating group) is 1. The summed E-state index contributed by atoms with van der Waals surface area (Å²) in [5.74, 6) is 0.825. The van der Waals surface area contributed by atoms with Gasteiger partial charge in [0.2, 0.25) is 0 Å². The zero-order valence-electron chi connectivity index (χ0n) is 12.7. The summed E-state index contributed by atoms with van der Waals surface area (Å²) in [6.07, 6.45) is 5.53. The highest BCUT2D eigenvalue weighted by atomic mass is 15.3. The molecule has 1 saturated carbocycles. The third kappa shape index (κ3) is 3.25. The average Bonchev–Trinajstić information content (AvgIpc) is 2.73. The van der Waals surface area contributed by atoms with Gasteiger partial charge in [0.25, 0.3) is 0 Å². The minimum Gasteiger partial charge on any atom is -0.314 e. The number of nitrogens with zero attached hydrogens (tertiary/aromatic N) is 2. The Morgan fingerprint density at radius 3 is 2.28 bits per heavy atom. The molecule has 0 bridgehead atoms. The lowest BCUT2D eigenvalue weighted by atomic mass is 9.90. The molecule has 0 radical (unpaired) electrons. The molecule has 1 saturated heterocycles. The fourth-order valence-electron chi connectivity index (χ4n) is 3.89. The van der Waals surface area contributed by atoms with Gasteiger partial charge in [-0.05, 0) is 52.2 Å². The van der Waals surface area contributed by atoms with Crippen LogP contribution in [0.3, 0.4) is 0 Å². The fraction of sp³-hybridized carbons (Fsp3) is 1.00. The van der Waals surface area contributed by atoms with Gasteiger partial charge in [-0.1, -0.05) is 13.8 Å². The van der Waals surface area contributed by atoms with E-state index in [1.165, 1.54) is 38.8 Å². The van der Waals surface area contributed by atoms with Crippen LogP contribution in [0.1, 0.15) is 39.5 Å². The van der Waals surface area contributed by atoms with E-state index >= 15 is 0 Å². The van der Waals surface area contributed by atoms with Crippen molar-refractivity contribution in [2.24, 2.45) is 5.92 Å². The molecule has 0 spiro atoms. The molecule has 2 rings (SSSR count). The highest BCUT2D eigenvalue weighted by Crippen LogP contribution is 2.29. The molecule has 1 aliphatic carbocycles. The molecule has 3 heteroatoms. The first-order valence-corrected chi connectivity index (χ1v) is 7.75. The number of hydrogen-bond donors (Lipinski definition) is 1. The van der Waals surface area contributed by atoms with E-state index in [0.29, 0.717) is 0 Å². The van der Waals surface area contributed by atoms with Gasteiger partial charge in [-0.2, -0.15) is 0 Å². The van der Waals surface area contributed by atoms with E-state index in [0.717, 1.165) is 30.6 Å². The summed E-state index contributed by atoms with van der Waals surface area (Å²) in [5, 5.41) is 3.60. The molecule has 18 heavy (non-hydrogen) atoms. The zero-order valence-corrected chi connectivity index (χ0v) is 12.7. The van der Waals surface area contributed by atoms with Crippen molar-refractivity contribution in [3.63, 3.8) is 0 Å². The molecular weight excluding hydrogens is 222 g/mol. The Labute approximate surface area is 113 Å². The van der Waals surface area contributed by atoms with Gasteiger partial charge >= 0.3 is 0 Å². The van der Waals surface area contributed by atoms with E-state index in [-0.39, 0.29) is 0 Å². The monoisotopic (exact) mass is 253 g/mol. The van der Waals surface area contributed by atoms with Crippen molar-refractivity contribution in [3.05, 3.63) is 0 Å².